The minimum Gasteiger partial charge on any atom is -0.451 e. The SMILES string of the molecule is CN1CCCC(CN(Cc2cocn2)Cc2cocn2)C1. The predicted octanol–water partition coefficient (Wildman–Crippen LogP) is 2.01. The highest BCUT2D eigenvalue weighted by Crippen LogP contribution is 2.18. The Balaban J connectivity index is 1.63. The van der Waals surface area contributed by atoms with Gasteiger partial charge < -0.3 is 13.7 Å². The largest absolute Gasteiger partial charge is 0.451 e. The molecule has 0 bridgehead atoms. The van der Waals surface area contributed by atoms with Gasteiger partial charge in [0.15, 0.2) is 12.8 Å². The molecule has 1 saturated heterocycles. The normalized spacial score (nSPS) is 20.2. The Hall–Kier alpha value is -1.66. The molecular formula is C15H22N4O2. The highest BCUT2D eigenvalue weighted by Gasteiger charge is 2.21. The molecule has 21 heavy (non-hydrogen) atoms. The fourth-order valence-electron chi connectivity index (χ4n) is 3.06. The number of hydrogen-bond donors (Lipinski definition) is 0. The zero-order chi connectivity index (χ0) is 14.5. The summed E-state index contributed by atoms with van der Waals surface area (Å²) in [7, 11) is 2.20. The van der Waals surface area contributed by atoms with Crippen LogP contribution < -0.4 is 0 Å². The molecule has 3 rings (SSSR count). The number of piperidine rings is 1. The van der Waals surface area contributed by atoms with Gasteiger partial charge in [0.1, 0.15) is 12.5 Å². The van der Waals surface area contributed by atoms with Crippen molar-refractivity contribution in [1.82, 2.24) is 19.8 Å². The Bertz CT molecular complexity index is 476. The number of aromatic nitrogens is 2. The van der Waals surface area contributed by atoms with Crippen LogP contribution in [0.3, 0.4) is 0 Å². The van der Waals surface area contributed by atoms with E-state index in [1.54, 1.807) is 12.5 Å². The van der Waals surface area contributed by atoms with Crippen LogP contribution in [-0.2, 0) is 13.1 Å². The number of oxazole rings is 2. The van der Waals surface area contributed by atoms with Crippen molar-refractivity contribution in [2.24, 2.45) is 5.92 Å². The lowest BCUT2D eigenvalue weighted by molar-refractivity contribution is 0.141. The molecule has 1 aliphatic rings. The number of hydrogen-bond acceptors (Lipinski definition) is 6. The van der Waals surface area contributed by atoms with Gasteiger partial charge in [-0.25, -0.2) is 9.97 Å². The van der Waals surface area contributed by atoms with Crippen molar-refractivity contribution in [2.45, 2.75) is 25.9 Å². The van der Waals surface area contributed by atoms with E-state index in [1.165, 1.54) is 32.2 Å². The maximum absolute atomic E-state index is 5.08. The number of nitrogens with zero attached hydrogens (tertiary/aromatic N) is 4. The van der Waals surface area contributed by atoms with Crippen LogP contribution in [0.2, 0.25) is 0 Å². The van der Waals surface area contributed by atoms with Gasteiger partial charge in [0.25, 0.3) is 0 Å². The molecule has 0 aromatic carbocycles. The van der Waals surface area contributed by atoms with E-state index in [0.717, 1.165) is 37.6 Å². The second-order valence-electron chi connectivity index (χ2n) is 5.90. The van der Waals surface area contributed by atoms with Crippen LogP contribution in [0.5, 0.6) is 0 Å². The standard InChI is InChI=1S/C15H22N4O2/c1-18-4-2-3-13(5-18)6-19(7-14-9-20-11-16-14)8-15-10-21-12-17-15/h9-13H,2-8H2,1H3. The molecule has 0 aliphatic carbocycles. The van der Waals surface area contributed by atoms with Gasteiger partial charge in [-0.3, -0.25) is 4.90 Å². The fourth-order valence-corrected chi connectivity index (χ4v) is 3.06. The zero-order valence-corrected chi connectivity index (χ0v) is 12.4. The molecule has 6 heteroatoms. The smallest absolute Gasteiger partial charge is 0.180 e. The maximum atomic E-state index is 5.08. The van der Waals surface area contributed by atoms with Gasteiger partial charge >= 0.3 is 0 Å². The Kier molecular flexibility index (Phi) is 4.67. The minimum atomic E-state index is 0.697. The van der Waals surface area contributed by atoms with Crippen molar-refractivity contribution in [3.63, 3.8) is 0 Å². The summed E-state index contributed by atoms with van der Waals surface area (Å²) in [6, 6.07) is 0. The lowest BCUT2D eigenvalue weighted by atomic mass is 9.97. The van der Waals surface area contributed by atoms with E-state index in [4.69, 9.17) is 8.83 Å². The first kappa shape index (κ1) is 14.3. The quantitative estimate of drug-likeness (QED) is 0.811. The van der Waals surface area contributed by atoms with Crippen LogP contribution in [0.25, 0.3) is 0 Å². The summed E-state index contributed by atoms with van der Waals surface area (Å²) < 4.78 is 10.2. The second kappa shape index (κ2) is 6.87. The molecule has 0 saturated carbocycles. The third kappa shape index (κ3) is 4.15. The van der Waals surface area contributed by atoms with Crippen molar-refractivity contribution in [2.75, 3.05) is 26.7 Å². The fraction of sp³-hybridized carbons (Fsp3) is 0.600. The predicted molar refractivity (Wildman–Crippen MR) is 77.3 cm³/mol. The molecule has 2 aromatic rings. The maximum Gasteiger partial charge on any atom is 0.180 e. The summed E-state index contributed by atoms with van der Waals surface area (Å²) in [4.78, 5) is 13.3. The van der Waals surface area contributed by atoms with E-state index in [9.17, 15) is 0 Å². The average Bonchev–Trinajstić information content (AvgIpc) is 3.12. The molecule has 6 nitrogen and oxygen atoms in total. The van der Waals surface area contributed by atoms with Crippen LogP contribution in [0.1, 0.15) is 24.2 Å². The Morgan fingerprint density at radius 1 is 1.19 bits per heavy atom. The summed E-state index contributed by atoms with van der Waals surface area (Å²) in [5, 5.41) is 0. The topological polar surface area (TPSA) is 58.5 Å². The minimum absolute atomic E-state index is 0.697. The van der Waals surface area contributed by atoms with Crippen molar-refractivity contribution in [1.29, 1.82) is 0 Å². The monoisotopic (exact) mass is 290 g/mol. The van der Waals surface area contributed by atoms with Gasteiger partial charge in [0, 0.05) is 26.2 Å². The Morgan fingerprint density at radius 2 is 1.86 bits per heavy atom. The first-order valence-corrected chi connectivity index (χ1v) is 7.44. The van der Waals surface area contributed by atoms with Crippen molar-refractivity contribution >= 4 is 0 Å². The van der Waals surface area contributed by atoms with Crippen LogP contribution in [0.15, 0.2) is 34.1 Å². The van der Waals surface area contributed by atoms with E-state index in [1.807, 2.05) is 0 Å². The van der Waals surface area contributed by atoms with Gasteiger partial charge in [0.05, 0.1) is 11.4 Å². The molecule has 1 aliphatic heterocycles. The molecule has 1 unspecified atom stereocenters. The third-order valence-corrected chi connectivity index (χ3v) is 3.98. The number of likely N-dealkylation sites (tertiary alicyclic amines) is 1. The Morgan fingerprint density at radius 3 is 2.38 bits per heavy atom. The van der Waals surface area contributed by atoms with Crippen molar-refractivity contribution in [3.8, 4) is 0 Å². The molecule has 114 valence electrons. The Labute approximate surface area is 124 Å². The first-order chi connectivity index (χ1) is 10.3. The van der Waals surface area contributed by atoms with Crippen LogP contribution in [0.4, 0.5) is 0 Å². The van der Waals surface area contributed by atoms with Crippen molar-refractivity contribution < 1.29 is 8.83 Å². The zero-order valence-electron chi connectivity index (χ0n) is 12.4. The molecule has 2 aromatic heterocycles. The first-order valence-electron chi connectivity index (χ1n) is 7.44. The van der Waals surface area contributed by atoms with E-state index >= 15 is 0 Å². The molecule has 1 atom stereocenters. The van der Waals surface area contributed by atoms with Crippen LogP contribution in [-0.4, -0.2) is 46.4 Å². The molecule has 3 heterocycles. The summed E-state index contributed by atoms with van der Waals surface area (Å²) >= 11 is 0. The molecule has 1 fully saturated rings. The van der Waals surface area contributed by atoms with Crippen LogP contribution in [0, 0.1) is 5.92 Å². The van der Waals surface area contributed by atoms with E-state index in [0.29, 0.717) is 5.92 Å². The summed E-state index contributed by atoms with van der Waals surface area (Å²) in [6.07, 6.45) is 8.96. The molecule has 0 radical (unpaired) electrons. The molecule has 0 N–H and O–H groups in total. The third-order valence-electron chi connectivity index (χ3n) is 3.98. The van der Waals surface area contributed by atoms with Gasteiger partial charge in [-0.05, 0) is 32.4 Å². The van der Waals surface area contributed by atoms with E-state index < -0.39 is 0 Å². The second-order valence-corrected chi connectivity index (χ2v) is 5.90. The number of rotatable bonds is 6. The molecular weight excluding hydrogens is 268 g/mol. The van der Waals surface area contributed by atoms with Gasteiger partial charge in [-0.2, -0.15) is 0 Å². The highest BCUT2D eigenvalue weighted by atomic mass is 16.3. The van der Waals surface area contributed by atoms with Gasteiger partial charge in [-0.1, -0.05) is 0 Å². The summed E-state index contributed by atoms with van der Waals surface area (Å²) in [5.41, 5.74) is 1.92. The van der Waals surface area contributed by atoms with Gasteiger partial charge in [-0.15, -0.1) is 0 Å². The lowest BCUT2D eigenvalue weighted by Crippen LogP contribution is -2.39. The van der Waals surface area contributed by atoms with Crippen molar-refractivity contribution in [3.05, 3.63) is 36.7 Å². The summed E-state index contributed by atoms with van der Waals surface area (Å²) in [6.45, 7) is 4.98. The van der Waals surface area contributed by atoms with E-state index in [-0.39, 0.29) is 0 Å². The van der Waals surface area contributed by atoms with E-state index in [2.05, 4.69) is 26.8 Å². The average molecular weight is 290 g/mol. The van der Waals surface area contributed by atoms with Gasteiger partial charge in [0.2, 0.25) is 0 Å². The highest BCUT2D eigenvalue weighted by molar-refractivity contribution is 4.95. The summed E-state index contributed by atoms with van der Waals surface area (Å²) in [5.74, 6) is 0.697. The molecule has 0 spiro atoms. The van der Waals surface area contributed by atoms with Crippen LogP contribution >= 0.6 is 0 Å². The molecule has 0 amide bonds. The lowest BCUT2D eigenvalue weighted by Gasteiger charge is -2.33.